The Kier molecular flexibility index (Phi) is 11.3. The van der Waals surface area contributed by atoms with E-state index in [1.807, 2.05) is 30.9 Å². The van der Waals surface area contributed by atoms with Crippen LogP contribution in [0.25, 0.3) is 0 Å². The molecule has 2 saturated heterocycles. The van der Waals surface area contributed by atoms with E-state index in [0.29, 0.717) is 57.1 Å². The molecule has 10 heteroatoms. The van der Waals surface area contributed by atoms with Gasteiger partial charge in [-0.2, -0.15) is 0 Å². The van der Waals surface area contributed by atoms with Gasteiger partial charge in [0.05, 0.1) is 13.7 Å². The summed E-state index contributed by atoms with van der Waals surface area (Å²) in [4.78, 5) is 48.5. The standard InChI is InChI=1S/C35H49N5O5/c1-24(2)37-32(41)19-26-12-16-40-23-29(26)13-17-45-33-9-5-8-31(38-33)35(43)36-14-10-28-22-39(15-11-27(28)20-34(40)42)21-25-6-4-7-30(18-25)44-3/h4-9,18,24,26-29H,10-17,19-23H2,1-3H3,(H,36,43)(H,37,41)/t26-,27-,28-,29-/m0/s1. The maximum absolute atomic E-state index is 13.8. The van der Waals surface area contributed by atoms with Crippen molar-refractivity contribution in [3.05, 3.63) is 53.7 Å². The summed E-state index contributed by atoms with van der Waals surface area (Å²) in [5.41, 5.74) is 1.53. The number of piperidine rings is 2. The number of carbonyl (C=O) groups is 3. The third-order valence-electron chi connectivity index (χ3n) is 9.59. The van der Waals surface area contributed by atoms with Crippen molar-refractivity contribution in [2.45, 2.75) is 65.0 Å². The number of nitrogens with zero attached hydrogens (tertiary/aromatic N) is 3. The van der Waals surface area contributed by atoms with Gasteiger partial charge in [-0.3, -0.25) is 19.3 Å². The van der Waals surface area contributed by atoms with Gasteiger partial charge >= 0.3 is 0 Å². The Morgan fingerprint density at radius 1 is 1.04 bits per heavy atom. The van der Waals surface area contributed by atoms with E-state index in [1.165, 1.54) is 5.56 Å². The maximum Gasteiger partial charge on any atom is 0.270 e. The molecule has 0 spiro atoms. The molecule has 0 unspecified atom stereocenters. The normalized spacial score (nSPS) is 25.0. The number of benzene rings is 1. The van der Waals surface area contributed by atoms with E-state index in [2.05, 4.69) is 32.7 Å². The van der Waals surface area contributed by atoms with Crippen LogP contribution in [0.3, 0.4) is 0 Å². The molecule has 2 aromatic rings. The number of hydrogen-bond donors (Lipinski definition) is 2. The second kappa shape index (κ2) is 15.6. The first-order chi connectivity index (χ1) is 21.8. The summed E-state index contributed by atoms with van der Waals surface area (Å²) in [6.07, 6.45) is 4.18. The number of pyridine rings is 1. The predicted octanol–water partition coefficient (Wildman–Crippen LogP) is 3.90. The number of amides is 3. The van der Waals surface area contributed by atoms with Gasteiger partial charge < -0.3 is 25.0 Å². The molecule has 4 atom stereocenters. The van der Waals surface area contributed by atoms with E-state index < -0.39 is 0 Å². The van der Waals surface area contributed by atoms with E-state index in [-0.39, 0.29) is 47.4 Å². The number of aromatic nitrogens is 1. The number of hydrogen-bond acceptors (Lipinski definition) is 7. The fourth-order valence-electron chi connectivity index (χ4n) is 7.20. The molecular weight excluding hydrogens is 570 g/mol. The van der Waals surface area contributed by atoms with Crippen molar-refractivity contribution in [2.24, 2.45) is 23.7 Å². The predicted molar refractivity (Wildman–Crippen MR) is 172 cm³/mol. The van der Waals surface area contributed by atoms with E-state index in [1.54, 1.807) is 25.3 Å². The summed E-state index contributed by atoms with van der Waals surface area (Å²) >= 11 is 0. The lowest BCUT2D eigenvalue weighted by molar-refractivity contribution is -0.136. The Morgan fingerprint density at radius 3 is 2.71 bits per heavy atom. The summed E-state index contributed by atoms with van der Waals surface area (Å²) in [6.45, 7) is 8.77. The third kappa shape index (κ3) is 9.19. The van der Waals surface area contributed by atoms with Crippen LogP contribution in [0.5, 0.6) is 11.6 Å². The van der Waals surface area contributed by atoms with Crippen molar-refractivity contribution in [1.82, 2.24) is 25.4 Å². The Morgan fingerprint density at radius 2 is 1.89 bits per heavy atom. The Balaban J connectivity index is 1.32. The summed E-state index contributed by atoms with van der Waals surface area (Å²) < 4.78 is 11.4. The molecule has 244 valence electrons. The van der Waals surface area contributed by atoms with Crippen molar-refractivity contribution >= 4 is 17.7 Å². The molecular formula is C35H49N5O5. The average Bonchev–Trinajstić information content (AvgIpc) is 3.02. The minimum Gasteiger partial charge on any atom is -0.497 e. The number of ether oxygens (including phenoxy) is 2. The Hall–Kier alpha value is -3.66. The minimum atomic E-state index is -0.223. The van der Waals surface area contributed by atoms with Crippen molar-refractivity contribution in [1.29, 1.82) is 0 Å². The smallest absolute Gasteiger partial charge is 0.270 e. The highest BCUT2D eigenvalue weighted by molar-refractivity contribution is 5.92. The lowest BCUT2D eigenvalue weighted by Gasteiger charge is -2.41. The Labute approximate surface area is 267 Å². The number of rotatable bonds is 6. The molecule has 2 N–H and O–H groups in total. The molecule has 1 aromatic heterocycles. The van der Waals surface area contributed by atoms with E-state index >= 15 is 0 Å². The van der Waals surface area contributed by atoms with Gasteiger partial charge in [0.2, 0.25) is 17.7 Å². The molecule has 45 heavy (non-hydrogen) atoms. The zero-order valence-corrected chi connectivity index (χ0v) is 27.0. The SMILES string of the molecule is COc1cccc(CN2CC[C@H]3CC(=O)N4CC[C@@H](CC(=O)NC(C)C)[C@@H](CCOc5cccc(n5)C(=O)NCC[C@H]3C2)C4)c1. The van der Waals surface area contributed by atoms with Crippen LogP contribution in [-0.2, 0) is 16.1 Å². The Bertz CT molecular complexity index is 1320. The molecule has 0 saturated carbocycles. The monoisotopic (exact) mass is 619 g/mol. The number of methoxy groups -OCH3 is 1. The van der Waals surface area contributed by atoms with Crippen molar-refractivity contribution in [3.8, 4) is 11.6 Å². The molecule has 2 fully saturated rings. The first kappa shape index (κ1) is 32.7. The first-order valence-corrected chi connectivity index (χ1v) is 16.6. The van der Waals surface area contributed by atoms with Crippen LogP contribution >= 0.6 is 0 Å². The molecule has 0 aliphatic carbocycles. The second-order valence-corrected chi connectivity index (χ2v) is 13.2. The fourth-order valence-corrected chi connectivity index (χ4v) is 7.20. The van der Waals surface area contributed by atoms with Crippen molar-refractivity contribution < 1.29 is 23.9 Å². The molecule has 3 aliphatic heterocycles. The van der Waals surface area contributed by atoms with Gasteiger partial charge in [0, 0.05) is 57.7 Å². The summed E-state index contributed by atoms with van der Waals surface area (Å²) in [5.74, 6) is 2.11. The molecule has 3 aliphatic rings. The van der Waals surface area contributed by atoms with Gasteiger partial charge in [-0.1, -0.05) is 18.2 Å². The van der Waals surface area contributed by atoms with Gasteiger partial charge in [-0.05, 0) is 93.5 Å². The fraction of sp³-hybridized carbons (Fsp3) is 0.600. The molecule has 4 heterocycles. The van der Waals surface area contributed by atoms with E-state index in [4.69, 9.17) is 9.47 Å². The number of nitrogens with one attached hydrogen (secondary N) is 2. The van der Waals surface area contributed by atoms with Gasteiger partial charge in [0.25, 0.3) is 5.91 Å². The maximum atomic E-state index is 13.8. The van der Waals surface area contributed by atoms with Crippen LogP contribution in [0, 0.1) is 23.7 Å². The molecule has 3 amide bonds. The van der Waals surface area contributed by atoms with E-state index in [9.17, 15) is 14.4 Å². The van der Waals surface area contributed by atoms with Crippen LogP contribution in [0.15, 0.2) is 42.5 Å². The van der Waals surface area contributed by atoms with Crippen molar-refractivity contribution in [2.75, 3.05) is 46.4 Å². The molecule has 10 nitrogen and oxygen atoms in total. The summed E-state index contributed by atoms with van der Waals surface area (Å²) in [6, 6.07) is 13.5. The van der Waals surface area contributed by atoms with Crippen LogP contribution in [0.2, 0.25) is 0 Å². The van der Waals surface area contributed by atoms with Gasteiger partial charge in [0.1, 0.15) is 11.4 Å². The van der Waals surface area contributed by atoms with E-state index in [0.717, 1.165) is 44.6 Å². The lowest BCUT2D eigenvalue weighted by atomic mass is 9.79. The summed E-state index contributed by atoms with van der Waals surface area (Å²) in [5, 5.41) is 6.09. The quantitative estimate of drug-likeness (QED) is 0.505. The number of fused-ring (bicyclic) bond motifs is 5. The number of likely N-dealkylation sites (tertiary alicyclic amines) is 1. The highest BCUT2D eigenvalue weighted by Gasteiger charge is 2.36. The van der Waals surface area contributed by atoms with Gasteiger partial charge in [0.15, 0.2) is 0 Å². The third-order valence-corrected chi connectivity index (χ3v) is 9.59. The average molecular weight is 620 g/mol. The minimum absolute atomic E-state index is 0.0583. The van der Waals surface area contributed by atoms with Crippen LogP contribution < -0.4 is 20.1 Å². The van der Waals surface area contributed by atoms with Crippen LogP contribution in [-0.4, -0.2) is 85.0 Å². The topological polar surface area (TPSA) is 113 Å². The molecule has 4 bridgehead atoms. The largest absolute Gasteiger partial charge is 0.497 e. The zero-order valence-electron chi connectivity index (χ0n) is 27.0. The molecule has 0 radical (unpaired) electrons. The zero-order chi connectivity index (χ0) is 31.8. The van der Waals surface area contributed by atoms with Crippen LogP contribution in [0.4, 0.5) is 0 Å². The van der Waals surface area contributed by atoms with Gasteiger partial charge in [-0.25, -0.2) is 4.98 Å². The summed E-state index contributed by atoms with van der Waals surface area (Å²) in [7, 11) is 1.68. The number of carbonyl (C=O) groups excluding carboxylic acids is 3. The van der Waals surface area contributed by atoms with Gasteiger partial charge in [-0.15, -0.1) is 0 Å². The molecule has 5 rings (SSSR count). The second-order valence-electron chi connectivity index (χ2n) is 13.2. The van der Waals surface area contributed by atoms with Crippen LogP contribution in [0.1, 0.15) is 68.4 Å². The first-order valence-electron chi connectivity index (χ1n) is 16.6. The highest BCUT2D eigenvalue weighted by atomic mass is 16.5. The van der Waals surface area contributed by atoms with Crippen molar-refractivity contribution in [3.63, 3.8) is 0 Å². The lowest BCUT2D eigenvalue weighted by Crippen LogP contribution is -2.47. The molecule has 1 aromatic carbocycles. The highest BCUT2D eigenvalue weighted by Crippen LogP contribution is 2.34.